The fourth-order valence-corrected chi connectivity index (χ4v) is 1.74. The van der Waals surface area contributed by atoms with Gasteiger partial charge in [0.05, 0.1) is 6.20 Å². The Bertz CT molecular complexity index is 300. The van der Waals surface area contributed by atoms with E-state index in [9.17, 15) is 0 Å². The molecule has 2 atom stereocenters. The number of aryl methyl sites for hydroxylation is 1. The second kappa shape index (κ2) is 6.62. The maximum Gasteiger partial charge on any atom is 0.0538 e. The molecule has 0 saturated carbocycles. The van der Waals surface area contributed by atoms with Gasteiger partial charge in [0.25, 0.3) is 0 Å². The minimum absolute atomic E-state index is 0.141. The van der Waals surface area contributed by atoms with Crippen LogP contribution in [0, 0.1) is 0 Å². The Hall–Kier alpha value is -0.910. The molecule has 5 heteroatoms. The molecule has 2 unspecified atom stereocenters. The summed E-state index contributed by atoms with van der Waals surface area (Å²) in [5.74, 6) is 0. The van der Waals surface area contributed by atoms with Gasteiger partial charge in [-0.25, -0.2) is 0 Å². The van der Waals surface area contributed by atoms with Gasteiger partial charge in [-0.1, -0.05) is 0 Å². The third kappa shape index (κ3) is 3.92. The lowest BCUT2D eigenvalue weighted by molar-refractivity contribution is 0.274. The van der Waals surface area contributed by atoms with Crippen LogP contribution in [0.5, 0.6) is 0 Å². The van der Waals surface area contributed by atoms with Crippen LogP contribution >= 0.6 is 0 Å². The van der Waals surface area contributed by atoms with Gasteiger partial charge < -0.3 is 16.2 Å². The number of nitrogens with two attached hydrogens (primary N) is 1. The zero-order chi connectivity index (χ0) is 12.0. The van der Waals surface area contributed by atoms with Crippen molar-refractivity contribution in [3.05, 3.63) is 18.0 Å². The van der Waals surface area contributed by atoms with E-state index in [1.165, 1.54) is 0 Å². The van der Waals surface area contributed by atoms with Crippen molar-refractivity contribution in [2.45, 2.75) is 31.8 Å². The summed E-state index contributed by atoms with van der Waals surface area (Å²) in [5.41, 5.74) is 6.85. The summed E-state index contributed by atoms with van der Waals surface area (Å²) in [6.45, 7) is 2.90. The Balaban J connectivity index is 2.48. The molecule has 0 aliphatic heterocycles. The number of aromatic nitrogens is 2. The molecular weight excluding hydrogens is 204 g/mol. The Labute approximate surface area is 96.6 Å². The highest BCUT2D eigenvalue weighted by atomic mass is 16.2. The van der Waals surface area contributed by atoms with Crippen molar-refractivity contribution in [1.29, 1.82) is 0 Å². The Morgan fingerprint density at radius 1 is 1.62 bits per heavy atom. The summed E-state index contributed by atoms with van der Waals surface area (Å²) < 4.78 is 1.78. The molecule has 5 nitrogen and oxygen atoms in total. The Morgan fingerprint density at radius 3 is 2.88 bits per heavy atom. The topological polar surface area (TPSA) is 76.1 Å². The molecule has 1 aromatic heterocycles. The van der Waals surface area contributed by atoms with Crippen molar-refractivity contribution in [2.24, 2.45) is 12.8 Å². The van der Waals surface area contributed by atoms with E-state index in [0.717, 1.165) is 18.4 Å². The maximum atomic E-state index is 8.76. The molecule has 4 N–H and O–H groups in total. The van der Waals surface area contributed by atoms with Gasteiger partial charge in [0.2, 0.25) is 0 Å². The SMILES string of the molecule is CC(CCCO)NC(CN)c1cnn(C)c1. The third-order valence-corrected chi connectivity index (χ3v) is 2.64. The molecule has 1 rings (SSSR count). The van der Waals surface area contributed by atoms with Crippen LogP contribution < -0.4 is 11.1 Å². The lowest BCUT2D eigenvalue weighted by Crippen LogP contribution is -2.34. The maximum absolute atomic E-state index is 8.76. The molecule has 1 heterocycles. The van der Waals surface area contributed by atoms with Gasteiger partial charge in [0, 0.05) is 44.0 Å². The highest BCUT2D eigenvalue weighted by Gasteiger charge is 2.13. The van der Waals surface area contributed by atoms with E-state index in [1.54, 1.807) is 4.68 Å². The van der Waals surface area contributed by atoms with Gasteiger partial charge >= 0.3 is 0 Å². The van der Waals surface area contributed by atoms with Crippen LogP contribution in [0.1, 0.15) is 31.4 Å². The number of aliphatic hydroxyl groups is 1. The van der Waals surface area contributed by atoms with Gasteiger partial charge in [-0.15, -0.1) is 0 Å². The fraction of sp³-hybridized carbons (Fsp3) is 0.727. The van der Waals surface area contributed by atoms with Crippen molar-refractivity contribution in [3.63, 3.8) is 0 Å². The fourth-order valence-electron chi connectivity index (χ4n) is 1.74. The van der Waals surface area contributed by atoms with Crippen LogP contribution in [-0.2, 0) is 7.05 Å². The van der Waals surface area contributed by atoms with Crippen LogP contribution in [0.25, 0.3) is 0 Å². The molecule has 0 spiro atoms. The largest absolute Gasteiger partial charge is 0.396 e. The molecule has 0 aliphatic carbocycles. The van der Waals surface area contributed by atoms with Crippen molar-refractivity contribution in [3.8, 4) is 0 Å². The molecule has 0 aromatic carbocycles. The summed E-state index contributed by atoms with van der Waals surface area (Å²) in [4.78, 5) is 0. The zero-order valence-electron chi connectivity index (χ0n) is 10.1. The van der Waals surface area contributed by atoms with Crippen LogP contribution in [-0.4, -0.2) is 34.1 Å². The zero-order valence-corrected chi connectivity index (χ0v) is 10.1. The van der Waals surface area contributed by atoms with Crippen LogP contribution in [0.15, 0.2) is 12.4 Å². The number of aliphatic hydroxyl groups excluding tert-OH is 1. The summed E-state index contributed by atoms with van der Waals surface area (Å²) in [6.07, 6.45) is 5.58. The van der Waals surface area contributed by atoms with Gasteiger partial charge in [-0.3, -0.25) is 4.68 Å². The molecule has 92 valence electrons. The molecular formula is C11H22N4O. The number of rotatable bonds is 7. The predicted molar refractivity (Wildman–Crippen MR) is 63.9 cm³/mol. The minimum Gasteiger partial charge on any atom is -0.396 e. The predicted octanol–water partition coefficient (Wildman–Crippen LogP) is 0.171. The second-order valence-corrected chi connectivity index (χ2v) is 4.17. The van der Waals surface area contributed by atoms with Gasteiger partial charge in [0.1, 0.15) is 0 Å². The quantitative estimate of drug-likeness (QED) is 0.619. The van der Waals surface area contributed by atoms with E-state index in [4.69, 9.17) is 10.8 Å². The first-order valence-corrected chi connectivity index (χ1v) is 5.73. The first kappa shape index (κ1) is 13.2. The van der Waals surface area contributed by atoms with Crippen LogP contribution in [0.2, 0.25) is 0 Å². The van der Waals surface area contributed by atoms with Crippen molar-refractivity contribution in [1.82, 2.24) is 15.1 Å². The van der Waals surface area contributed by atoms with E-state index in [0.29, 0.717) is 12.6 Å². The number of hydrogen-bond acceptors (Lipinski definition) is 4. The molecule has 0 bridgehead atoms. The highest BCUT2D eigenvalue weighted by Crippen LogP contribution is 2.12. The summed E-state index contributed by atoms with van der Waals surface area (Å²) in [6, 6.07) is 0.489. The highest BCUT2D eigenvalue weighted by molar-refractivity contribution is 5.10. The van der Waals surface area contributed by atoms with Crippen molar-refractivity contribution >= 4 is 0 Å². The Morgan fingerprint density at radius 2 is 2.38 bits per heavy atom. The average Bonchev–Trinajstić information content (AvgIpc) is 2.69. The summed E-state index contributed by atoms with van der Waals surface area (Å²) >= 11 is 0. The van der Waals surface area contributed by atoms with E-state index < -0.39 is 0 Å². The minimum atomic E-state index is 0.141. The molecule has 0 amide bonds. The van der Waals surface area contributed by atoms with E-state index in [2.05, 4.69) is 17.3 Å². The van der Waals surface area contributed by atoms with Gasteiger partial charge in [-0.05, 0) is 19.8 Å². The normalized spacial score (nSPS) is 15.0. The lowest BCUT2D eigenvalue weighted by Gasteiger charge is -2.20. The van der Waals surface area contributed by atoms with Gasteiger partial charge in [0.15, 0.2) is 0 Å². The van der Waals surface area contributed by atoms with Gasteiger partial charge in [-0.2, -0.15) is 5.10 Å². The molecule has 0 aliphatic rings. The average molecular weight is 226 g/mol. The monoisotopic (exact) mass is 226 g/mol. The molecule has 1 aromatic rings. The summed E-state index contributed by atoms with van der Waals surface area (Å²) in [7, 11) is 1.90. The standard InChI is InChI=1S/C11H22N4O/c1-9(4-3-5-16)14-11(6-12)10-7-13-15(2)8-10/h7-9,11,14,16H,3-6,12H2,1-2H3. The van der Waals surface area contributed by atoms with E-state index in [-0.39, 0.29) is 12.6 Å². The summed E-state index contributed by atoms with van der Waals surface area (Å²) in [5, 5.41) is 16.3. The number of nitrogens with zero attached hydrogens (tertiary/aromatic N) is 2. The second-order valence-electron chi connectivity index (χ2n) is 4.17. The Kier molecular flexibility index (Phi) is 5.45. The number of hydrogen-bond donors (Lipinski definition) is 3. The number of nitrogens with one attached hydrogen (secondary N) is 1. The molecule has 0 saturated heterocycles. The van der Waals surface area contributed by atoms with Crippen molar-refractivity contribution < 1.29 is 5.11 Å². The van der Waals surface area contributed by atoms with E-state index >= 15 is 0 Å². The van der Waals surface area contributed by atoms with Crippen LogP contribution in [0.3, 0.4) is 0 Å². The first-order chi connectivity index (χ1) is 7.67. The first-order valence-electron chi connectivity index (χ1n) is 5.73. The van der Waals surface area contributed by atoms with Crippen molar-refractivity contribution in [2.75, 3.05) is 13.2 Å². The molecule has 0 fully saturated rings. The third-order valence-electron chi connectivity index (χ3n) is 2.64. The molecule has 16 heavy (non-hydrogen) atoms. The van der Waals surface area contributed by atoms with Crippen LogP contribution in [0.4, 0.5) is 0 Å². The van der Waals surface area contributed by atoms with E-state index in [1.807, 2.05) is 19.4 Å². The smallest absolute Gasteiger partial charge is 0.0538 e. The lowest BCUT2D eigenvalue weighted by atomic mass is 10.1. The molecule has 0 radical (unpaired) electrons.